The van der Waals surface area contributed by atoms with Gasteiger partial charge >= 0.3 is 43.2 Å². The topological polar surface area (TPSA) is 0 Å². The van der Waals surface area contributed by atoms with Crippen molar-refractivity contribution in [1.29, 1.82) is 0 Å². The molecule has 1 unspecified atom stereocenters. The zero-order valence-corrected chi connectivity index (χ0v) is 21.4. The predicted octanol–water partition coefficient (Wildman–Crippen LogP) is 10.6. The minimum atomic E-state index is -7.39. The van der Waals surface area contributed by atoms with Crippen LogP contribution in [0.1, 0.15) is 71.2 Å². The largest absolute Gasteiger partial charge is 0.417 e. The fourth-order valence-electron chi connectivity index (χ4n) is 5.16. The lowest BCUT2D eigenvalue weighted by molar-refractivity contribution is -0.182. The molecule has 1 atom stereocenters. The van der Waals surface area contributed by atoms with E-state index in [-0.39, 0.29) is 14.8 Å². The van der Waals surface area contributed by atoms with Gasteiger partial charge in [-0.3, -0.25) is 0 Å². The van der Waals surface area contributed by atoms with Crippen LogP contribution < -0.4 is 0 Å². The van der Waals surface area contributed by atoms with Crippen molar-refractivity contribution < 1.29 is 92.2 Å². The molecule has 0 bridgehead atoms. The van der Waals surface area contributed by atoms with E-state index in [2.05, 4.69) is 0 Å². The lowest BCUT2D eigenvalue weighted by Gasteiger charge is -2.37. The molecule has 0 N–H and O–H groups in total. The molecule has 0 spiro atoms. The average Bonchev–Trinajstić information content (AvgIpc) is 2.70. The van der Waals surface area contributed by atoms with E-state index >= 15 is 0 Å². The van der Waals surface area contributed by atoms with Crippen molar-refractivity contribution in [1.82, 2.24) is 0 Å². The van der Waals surface area contributed by atoms with E-state index in [4.69, 9.17) is 0 Å². The first-order chi connectivity index (χ1) is 19.0. The lowest BCUT2D eigenvalue weighted by Crippen LogP contribution is -2.36. The van der Waals surface area contributed by atoms with E-state index in [0.29, 0.717) is 0 Å². The van der Waals surface area contributed by atoms with Crippen molar-refractivity contribution >= 4 is 18.6 Å². The highest BCUT2D eigenvalue weighted by Gasteiger charge is 2.61. The highest BCUT2D eigenvalue weighted by molar-refractivity contribution is 6.17. The molecule has 0 heterocycles. The van der Waals surface area contributed by atoms with Gasteiger partial charge in [-0.05, 0) is 10.9 Å². The minimum Gasteiger partial charge on any atom is -0.166 e. The summed E-state index contributed by atoms with van der Waals surface area (Å²) < 4.78 is 297. The summed E-state index contributed by atoms with van der Waals surface area (Å²) in [7, 11) is 0.273. The molecule has 0 amide bonds. The second-order valence-corrected chi connectivity index (χ2v) is 9.87. The van der Waals surface area contributed by atoms with Crippen molar-refractivity contribution in [2.45, 2.75) is 75.2 Å². The summed E-state index contributed by atoms with van der Waals surface area (Å²) in [6.45, 7) is 1.25. The summed E-state index contributed by atoms with van der Waals surface area (Å²) in [5.74, 6) is 0. The molecule has 0 aliphatic rings. The third-order valence-corrected chi connectivity index (χ3v) is 6.29. The van der Waals surface area contributed by atoms with Gasteiger partial charge < -0.3 is 0 Å². The highest BCUT2D eigenvalue weighted by atomic mass is 19.4. The first kappa shape index (κ1) is 37.5. The Kier molecular flexibility index (Phi) is 8.87. The Morgan fingerprint density at radius 2 is 0.545 bits per heavy atom. The SMILES string of the molecule is BC(C)(CCC)c1c(C(F)(F)F)c(C(F)(F)F)c2c(C(F)(F)F)c(C(F)(F)F)c(C(F)(F)F)c(C(F)(F)F)c2c1C(F)(F)F. The molecular weight excluding hydrogens is 674 g/mol. The Morgan fingerprint density at radius 3 is 0.727 bits per heavy atom. The molecule has 250 valence electrons. The molecule has 0 aliphatic heterocycles. The van der Waals surface area contributed by atoms with Crippen LogP contribution >= 0.6 is 0 Å². The molecule has 2 rings (SSSR count). The number of alkyl halides is 21. The van der Waals surface area contributed by atoms with Crippen LogP contribution in [0.4, 0.5) is 92.2 Å². The summed E-state index contributed by atoms with van der Waals surface area (Å²) in [5.41, 5.74) is -32.4. The quantitative estimate of drug-likeness (QED) is 0.223. The van der Waals surface area contributed by atoms with Gasteiger partial charge in [0.15, 0.2) is 0 Å². The van der Waals surface area contributed by atoms with Gasteiger partial charge in [0.1, 0.15) is 7.85 Å². The summed E-state index contributed by atoms with van der Waals surface area (Å²) >= 11 is 0. The van der Waals surface area contributed by atoms with Gasteiger partial charge in [0.2, 0.25) is 0 Å². The Hall–Kier alpha value is -2.71. The molecule has 0 nitrogen and oxygen atoms in total. The summed E-state index contributed by atoms with van der Waals surface area (Å²) in [5, 5.41) is -11.0. The van der Waals surface area contributed by atoms with Gasteiger partial charge in [0, 0.05) is 10.8 Å². The van der Waals surface area contributed by atoms with Crippen LogP contribution in [0.3, 0.4) is 0 Å². The maximum atomic E-state index is 14.5. The average molecular weight is 686 g/mol. The van der Waals surface area contributed by atoms with Crippen LogP contribution in [0.2, 0.25) is 0 Å². The number of hydrogen-bond acceptors (Lipinski definition) is 0. The first-order valence-corrected chi connectivity index (χ1v) is 11.3. The van der Waals surface area contributed by atoms with E-state index in [1.54, 1.807) is 0 Å². The van der Waals surface area contributed by atoms with E-state index in [0.717, 1.165) is 6.92 Å². The van der Waals surface area contributed by atoms with Crippen molar-refractivity contribution in [2.75, 3.05) is 0 Å². The number of rotatable bonds is 3. The fourth-order valence-corrected chi connectivity index (χ4v) is 5.16. The van der Waals surface area contributed by atoms with Crippen LogP contribution in [0.25, 0.3) is 10.8 Å². The number of fused-ring (bicyclic) bond motifs is 1. The lowest BCUT2D eigenvalue weighted by atomic mass is 9.59. The maximum absolute atomic E-state index is 14.5. The van der Waals surface area contributed by atoms with E-state index in [1.165, 1.54) is 0 Å². The van der Waals surface area contributed by atoms with Gasteiger partial charge in [-0.25, -0.2) is 0 Å². The van der Waals surface area contributed by atoms with E-state index in [9.17, 15) is 92.2 Å². The smallest absolute Gasteiger partial charge is 0.166 e. The maximum Gasteiger partial charge on any atom is 0.417 e. The van der Waals surface area contributed by atoms with Crippen molar-refractivity contribution in [3.8, 4) is 0 Å². The normalized spacial score (nSPS) is 16.1. The molecule has 0 saturated heterocycles. The van der Waals surface area contributed by atoms with Crippen LogP contribution in [0.15, 0.2) is 0 Å². The minimum absolute atomic E-state index is 0.273. The van der Waals surface area contributed by atoms with Gasteiger partial charge in [0.05, 0.1) is 38.9 Å². The summed E-state index contributed by atoms with van der Waals surface area (Å²) in [6, 6.07) is 0. The highest BCUT2D eigenvalue weighted by Crippen LogP contribution is 2.61. The Labute approximate surface area is 231 Å². The van der Waals surface area contributed by atoms with Crippen LogP contribution in [-0.4, -0.2) is 7.85 Å². The molecule has 0 fully saturated rings. The van der Waals surface area contributed by atoms with Crippen molar-refractivity contribution in [2.24, 2.45) is 0 Å². The molecule has 0 aliphatic carbocycles. The van der Waals surface area contributed by atoms with E-state index < -0.39 is 117 Å². The third kappa shape index (κ3) is 6.62. The molecule has 2 aromatic carbocycles. The summed E-state index contributed by atoms with van der Waals surface area (Å²) in [6.07, 6.45) is -52.0. The zero-order valence-electron chi connectivity index (χ0n) is 21.4. The Morgan fingerprint density at radius 1 is 0.364 bits per heavy atom. The number of hydrogen-bond donors (Lipinski definition) is 0. The monoisotopic (exact) mass is 686 g/mol. The number of halogens is 21. The van der Waals surface area contributed by atoms with Crippen molar-refractivity contribution in [3.05, 3.63) is 44.5 Å². The van der Waals surface area contributed by atoms with Crippen molar-refractivity contribution in [3.63, 3.8) is 0 Å². The molecule has 44 heavy (non-hydrogen) atoms. The van der Waals surface area contributed by atoms with Crippen LogP contribution in [0, 0.1) is 0 Å². The van der Waals surface area contributed by atoms with E-state index in [1.807, 2.05) is 0 Å². The predicted molar refractivity (Wildman–Crippen MR) is 110 cm³/mol. The van der Waals surface area contributed by atoms with Gasteiger partial charge in [-0.2, -0.15) is 92.2 Å². The molecule has 22 heteroatoms. The molecule has 0 radical (unpaired) electrons. The first-order valence-electron chi connectivity index (χ1n) is 11.3. The standard InChI is InChI=1S/C22H12BF21/c1-3-4-15(2,23)11-7(16(24,25)26)5-6(8(17(27,28)29)12(11)20(36,37)38)10(19(33,34)35)14(22(42,43)44)13(21(39,40)41)9(5)18(30,31)32/h3-4,23H2,1-2H3. The Bertz CT molecular complexity index is 1420. The Balaban J connectivity index is 4.13. The molecule has 2 aromatic rings. The molecular formula is C22H12BF21. The molecule has 0 aromatic heterocycles. The third-order valence-electron chi connectivity index (χ3n) is 6.29. The van der Waals surface area contributed by atoms with Gasteiger partial charge in [-0.15, -0.1) is 0 Å². The summed E-state index contributed by atoms with van der Waals surface area (Å²) in [4.78, 5) is 0. The second kappa shape index (κ2) is 10.4. The fraction of sp³-hybridized carbons (Fsp3) is 0.545. The zero-order chi connectivity index (χ0) is 35.2. The van der Waals surface area contributed by atoms with Gasteiger partial charge in [0.25, 0.3) is 0 Å². The van der Waals surface area contributed by atoms with Crippen LogP contribution in [-0.2, 0) is 48.5 Å². The number of benzene rings is 2. The second-order valence-electron chi connectivity index (χ2n) is 9.87. The van der Waals surface area contributed by atoms with Crippen LogP contribution in [0.5, 0.6) is 0 Å². The van der Waals surface area contributed by atoms with Gasteiger partial charge in [-0.1, -0.05) is 26.7 Å². The molecule has 0 saturated carbocycles.